The molecule has 3 aromatic rings. The molecule has 2 aliphatic rings. The first-order valence-corrected chi connectivity index (χ1v) is 16.5. The van der Waals surface area contributed by atoms with E-state index < -0.39 is 9.76 Å². The fourth-order valence-corrected chi connectivity index (χ4v) is 8.48. The third-order valence-corrected chi connectivity index (χ3v) is 11.4. The van der Waals surface area contributed by atoms with E-state index in [2.05, 4.69) is 62.3 Å². The number of anilines is 2. The van der Waals surface area contributed by atoms with Gasteiger partial charge in [-0.05, 0) is 62.3 Å². The number of ether oxygens (including phenoxy) is 1. The molecule has 39 heavy (non-hydrogen) atoms. The number of hydrogen-bond acceptors (Lipinski definition) is 7. The van der Waals surface area contributed by atoms with Gasteiger partial charge in [-0.1, -0.05) is 46.1 Å². The first kappa shape index (κ1) is 28.2. The van der Waals surface area contributed by atoms with E-state index in [9.17, 15) is 4.79 Å². The lowest BCUT2D eigenvalue weighted by Gasteiger charge is -2.40. The number of esters is 1. The Bertz CT molecular complexity index is 1340. The van der Waals surface area contributed by atoms with Crippen LogP contribution in [0.5, 0.6) is 0 Å². The van der Waals surface area contributed by atoms with Gasteiger partial charge in [0.2, 0.25) is 0 Å². The Morgan fingerprint density at radius 1 is 1.10 bits per heavy atom. The number of rotatable bonds is 7. The maximum atomic E-state index is 13.1. The summed E-state index contributed by atoms with van der Waals surface area (Å²) in [7, 11) is 0.688. The topological polar surface area (TPSA) is 82.6 Å². The molecule has 2 N–H and O–H groups in total. The average Bonchev–Trinajstić information content (AvgIpc) is 3.64. The number of nitrogens with two attached hydrogens (primary N) is 1. The van der Waals surface area contributed by atoms with E-state index in [1.54, 1.807) is 11.3 Å². The van der Waals surface area contributed by atoms with Gasteiger partial charge in [0.15, 0.2) is 9.76 Å². The quantitative estimate of drug-likeness (QED) is 0.252. The van der Waals surface area contributed by atoms with Gasteiger partial charge in [0, 0.05) is 12.6 Å². The zero-order chi connectivity index (χ0) is 27.9. The first-order chi connectivity index (χ1) is 18.5. The minimum Gasteiger partial charge on any atom is -0.465 e. The van der Waals surface area contributed by atoms with Crippen molar-refractivity contribution in [2.75, 3.05) is 24.3 Å². The SMILES string of the molecule is COC(=O)c1c(N2CCC[C@@H]2C(C)(C)O[SiH2]C(C)(C)C)sc(-c2ccc3c(c2)ncn3C2CCCCC2)c1N. The number of benzene rings is 1. The molecule has 0 bridgehead atoms. The predicted molar refractivity (Wildman–Crippen MR) is 165 cm³/mol. The summed E-state index contributed by atoms with van der Waals surface area (Å²) in [6.07, 6.45) is 10.4. The lowest BCUT2D eigenvalue weighted by Crippen LogP contribution is -2.49. The standard InChI is InChI=1S/C30H44N4O3SSi/c1-29(2,3)39-37-30(4,5)23-13-10-16-33(23)27-24(28(35)36-6)25(31)26(38-27)19-14-15-22-21(17-19)32-18-34(22)20-11-8-7-9-12-20/h14-15,17-18,20,23H,7-13,16,31,39H2,1-6H3/t23-/m1/s1. The number of fused-ring (bicyclic) bond motifs is 1. The van der Waals surface area contributed by atoms with Gasteiger partial charge in [0.25, 0.3) is 0 Å². The lowest BCUT2D eigenvalue weighted by molar-refractivity contribution is 0.0600. The van der Waals surface area contributed by atoms with Crippen LogP contribution in [0.2, 0.25) is 5.04 Å². The number of nitrogen functional groups attached to an aromatic ring is 1. The number of hydrogen-bond donors (Lipinski definition) is 1. The molecule has 2 fully saturated rings. The summed E-state index contributed by atoms with van der Waals surface area (Å²) in [5.74, 6) is -0.388. The van der Waals surface area contributed by atoms with Gasteiger partial charge in [0.1, 0.15) is 10.6 Å². The molecule has 7 nitrogen and oxygen atoms in total. The molecule has 0 radical (unpaired) electrons. The van der Waals surface area contributed by atoms with E-state index in [-0.39, 0.29) is 22.7 Å². The Labute approximate surface area is 239 Å². The van der Waals surface area contributed by atoms with Crippen molar-refractivity contribution in [3.63, 3.8) is 0 Å². The molecule has 1 atom stereocenters. The highest BCUT2D eigenvalue weighted by atomic mass is 32.1. The number of carbonyl (C=O) groups is 1. The van der Waals surface area contributed by atoms with E-state index in [1.807, 2.05) is 6.33 Å². The molecule has 1 aliphatic heterocycles. The smallest absolute Gasteiger partial charge is 0.343 e. The van der Waals surface area contributed by atoms with Crippen LogP contribution >= 0.6 is 11.3 Å². The lowest BCUT2D eigenvalue weighted by atomic mass is 9.95. The zero-order valence-electron chi connectivity index (χ0n) is 24.4. The summed E-state index contributed by atoms with van der Waals surface area (Å²) in [4.78, 5) is 21.1. The minimum atomic E-state index is -0.739. The van der Waals surface area contributed by atoms with Crippen molar-refractivity contribution in [2.24, 2.45) is 0 Å². The van der Waals surface area contributed by atoms with Crippen molar-refractivity contribution in [3.05, 3.63) is 30.1 Å². The number of carbonyl (C=O) groups excluding carboxylic acids is 1. The van der Waals surface area contributed by atoms with E-state index in [4.69, 9.17) is 19.9 Å². The molecule has 0 amide bonds. The van der Waals surface area contributed by atoms with Gasteiger partial charge >= 0.3 is 5.97 Å². The van der Waals surface area contributed by atoms with E-state index in [0.717, 1.165) is 45.9 Å². The summed E-state index contributed by atoms with van der Waals surface area (Å²) < 4.78 is 14.2. The van der Waals surface area contributed by atoms with Crippen molar-refractivity contribution in [2.45, 2.75) is 102 Å². The molecular formula is C30H44N4O3SSi. The van der Waals surface area contributed by atoms with Crippen LogP contribution in [-0.4, -0.2) is 50.6 Å². The molecular weight excluding hydrogens is 525 g/mol. The number of imidazole rings is 1. The van der Waals surface area contributed by atoms with Gasteiger partial charge in [-0.15, -0.1) is 11.3 Å². The number of nitrogens with zero attached hydrogens (tertiary/aromatic N) is 3. The van der Waals surface area contributed by atoms with Crippen LogP contribution in [0.15, 0.2) is 24.5 Å². The number of thiophene rings is 1. The van der Waals surface area contributed by atoms with Crippen LogP contribution in [-0.2, 0) is 9.16 Å². The van der Waals surface area contributed by atoms with E-state index >= 15 is 0 Å². The second-order valence-corrected chi connectivity index (χ2v) is 16.7. The third-order valence-electron chi connectivity index (χ3n) is 8.31. The van der Waals surface area contributed by atoms with Crippen LogP contribution in [0.1, 0.15) is 96.0 Å². The summed E-state index contributed by atoms with van der Waals surface area (Å²) in [6, 6.07) is 7.09. The Balaban J connectivity index is 1.51. The summed E-state index contributed by atoms with van der Waals surface area (Å²) in [5, 5.41) is 1.10. The van der Waals surface area contributed by atoms with Crippen molar-refractivity contribution < 1.29 is 14.0 Å². The number of methoxy groups -OCH3 is 1. The molecule has 0 unspecified atom stereocenters. The molecule has 1 aromatic carbocycles. The largest absolute Gasteiger partial charge is 0.465 e. The van der Waals surface area contributed by atoms with Gasteiger partial charge in [0.05, 0.1) is 46.7 Å². The van der Waals surface area contributed by atoms with Gasteiger partial charge in [-0.3, -0.25) is 0 Å². The predicted octanol–water partition coefficient (Wildman–Crippen LogP) is 6.71. The van der Waals surface area contributed by atoms with E-state index in [1.165, 1.54) is 39.2 Å². The van der Waals surface area contributed by atoms with Crippen molar-refractivity contribution in [1.82, 2.24) is 9.55 Å². The monoisotopic (exact) mass is 568 g/mol. The highest BCUT2D eigenvalue weighted by Crippen LogP contribution is 2.48. The normalized spacial score (nSPS) is 19.5. The fourth-order valence-electron chi connectivity index (χ4n) is 6.20. The average molecular weight is 569 g/mol. The summed E-state index contributed by atoms with van der Waals surface area (Å²) in [6.45, 7) is 12.0. The van der Waals surface area contributed by atoms with Crippen LogP contribution in [0.4, 0.5) is 10.7 Å². The molecule has 1 saturated carbocycles. The molecule has 1 saturated heterocycles. The second-order valence-electron chi connectivity index (χ2n) is 13.0. The van der Waals surface area contributed by atoms with Crippen LogP contribution in [0, 0.1) is 0 Å². The molecule has 9 heteroatoms. The fraction of sp³-hybridized carbons (Fsp3) is 0.600. The Hall–Kier alpha value is -2.36. The van der Waals surface area contributed by atoms with Gasteiger partial charge < -0.3 is 24.4 Å². The zero-order valence-corrected chi connectivity index (χ0v) is 26.6. The Kier molecular flexibility index (Phi) is 7.87. The molecule has 2 aromatic heterocycles. The second kappa shape index (κ2) is 10.9. The van der Waals surface area contributed by atoms with Crippen LogP contribution in [0.3, 0.4) is 0 Å². The molecule has 1 aliphatic carbocycles. The van der Waals surface area contributed by atoms with Gasteiger partial charge in [-0.25, -0.2) is 9.78 Å². The Morgan fingerprint density at radius 2 is 1.85 bits per heavy atom. The Morgan fingerprint density at radius 3 is 2.54 bits per heavy atom. The van der Waals surface area contributed by atoms with E-state index in [0.29, 0.717) is 17.3 Å². The first-order valence-electron chi connectivity index (χ1n) is 14.4. The van der Waals surface area contributed by atoms with Crippen molar-refractivity contribution >= 4 is 48.8 Å². The maximum absolute atomic E-state index is 13.1. The van der Waals surface area contributed by atoms with Gasteiger partial charge in [-0.2, -0.15) is 0 Å². The minimum absolute atomic E-state index is 0.162. The van der Waals surface area contributed by atoms with Crippen molar-refractivity contribution in [1.29, 1.82) is 0 Å². The summed E-state index contributed by atoms with van der Waals surface area (Å²) in [5.41, 5.74) is 10.5. The molecule has 3 heterocycles. The van der Waals surface area contributed by atoms with Crippen LogP contribution < -0.4 is 10.6 Å². The molecule has 0 spiro atoms. The molecule has 212 valence electrons. The number of aromatic nitrogens is 2. The highest BCUT2D eigenvalue weighted by Gasteiger charge is 2.41. The van der Waals surface area contributed by atoms with Crippen LogP contribution in [0.25, 0.3) is 21.5 Å². The summed E-state index contributed by atoms with van der Waals surface area (Å²) >= 11 is 1.59. The molecule has 5 rings (SSSR count). The highest BCUT2D eigenvalue weighted by molar-refractivity contribution is 7.20. The third kappa shape index (κ3) is 5.63. The maximum Gasteiger partial charge on any atom is 0.343 e. The van der Waals surface area contributed by atoms with Crippen molar-refractivity contribution in [3.8, 4) is 10.4 Å².